The van der Waals surface area contributed by atoms with E-state index >= 15 is 0 Å². The van der Waals surface area contributed by atoms with Crippen LogP contribution < -0.4 is 0 Å². The van der Waals surface area contributed by atoms with E-state index in [9.17, 15) is 0 Å². The smallest absolute Gasteiger partial charge is 0.0534 e. The maximum atomic E-state index is 2.33. The Morgan fingerprint density at radius 1 is 0.260 bits per heavy atom. The summed E-state index contributed by atoms with van der Waals surface area (Å²) < 4.78 is 0. The molecule has 0 aliphatic rings. The minimum absolute atomic E-state index is 1.27. The molecular weight excluding hydrogens is 721 g/mol. The lowest BCUT2D eigenvalue weighted by Gasteiger charge is -2.03. The third kappa shape index (κ3) is 5.18. The highest BCUT2D eigenvalue weighted by Gasteiger charge is 2.22. The number of hydrogen-bond acceptors (Lipinski definition) is 6. The Kier molecular flexibility index (Phi) is 7.75. The molecule has 0 amide bonds. The maximum absolute atomic E-state index is 2.33. The van der Waals surface area contributed by atoms with Gasteiger partial charge in [0.15, 0.2) is 0 Å². The molecule has 10 aromatic rings. The summed E-state index contributed by atoms with van der Waals surface area (Å²) in [6.07, 6.45) is 0. The summed E-state index contributed by atoms with van der Waals surface area (Å²) in [5, 5.41) is 9.80. The Morgan fingerprint density at radius 3 is 1.04 bits per heavy atom. The van der Waals surface area contributed by atoms with Crippen molar-refractivity contribution in [3.63, 3.8) is 0 Å². The predicted octanol–water partition coefficient (Wildman–Crippen LogP) is 16.0. The van der Waals surface area contributed by atoms with Crippen molar-refractivity contribution in [2.45, 2.75) is 0 Å². The molecule has 0 radical (unpaired) electrons. The van der Waals surface area contributed by atoms with Crippen LogP contribution in [0.4, 0.5) is 0 Å². The van der Waals surface area contributed by atoms with Crippen molar-refractivity contribution in [2.24, 2.45) is 0 Å². The highest BCUT2D eigenvalue weighted by Crippen LogP contribution is 2.53. The molecule has 6 heterocycles. The van der Waals surface area contributed by atoms with E-state index in [4.69, 9.17) is 0 Å². The van der Waals surface area contributed by atoms with Gasteiger partial charge in [-0.05, 0) is 58.3 Å². The second kappa shape index (κ2) is 12.7. The van der Waals surface area contributed by atoms with Crippen molar-refractivity contribution in [1.29, 1.82) is 0 Å². The number of fused-ring (bicyclic) bond motifs is 2. The first-order valence-electron chi connectivity index (χ1n) is 16.3. The summed E-state index contributed by atoms with van der Waals surface area (Å²) in [6.45, 7) is 0. The molecule has 0 nitrogen and oxygen atoms in total. The van der Waals surface area contributed by atoms with E-state index in [2.05, 4.69) is 156 Å². The number of thiophene rings is 6. The third-order valence-corrected chi connectivity index (χ3v) is 16.4. The summed E-state index contributed by atoms with van der Waals surface area (Å²) in [4.78, 5) is 13.4. The summed E-state index contributed by atoms with van der Waals surface area (Å²) in [5.41, 5.74) is 5.17. The highest BCUT2D eigenvalue weighted by molar-refractivity contribution is 7.31. The van der Waals surface area contributed by atoms with E-state index in [-0.39, 0.29) is 0 Å². The minimum Gasteiger partial charge on any atom is -0.142 e. The van der Waals surface area contributed by atoms with Gasteiger partial charge in [0, 0.05) is 52.2 Å². The van der Waals surface area contributed by atoms with Crippen LogP contribution in [0.15, 0.2) is 156 Å². The normalized spacial score (nSPS) is 11.6. The average molecular weight is 747 g/mol. The summed E-state index contributed by atoms with van der Waals surface area (Å²) in [6, 6.07) is 53.2. The van der Waals surface area contributed by atoms with Crippen LogP contribution in [-0.4, -0.2) is 0 Å². The first-order valence-corrected chi connectivity index (χ1v) is 21.3. The number of hydrogen-bond donors (Lipinski definition) is 0. The van der Waals surface area contributed by atoms with E-state index in [1.807, 2.05) is 68.0 Å². The average Bonchev–Trinajstić information content (AvgIpc) is 4.02. The third-order valence-electron chi connectivity index (χ3n) is 9.06. The fourth-order valence-electron chi connectivity index (χ4n) is 6.73. The van der Waals surface area contributed by atoms with Gasteiger partial charge < -0.3 is 0 Å². The van der Waals surface area contributed by atoms with Gasteiger partial charge in [-0.15, -0.1) is 68.0 Å². The molecule has 0 saturated heterocycles. The van der Waals surface area contributed by atoms with Gasteiger partial charge in [-0.3, -0.25) is 0 Å². The van der Waals surface area contributed by atoms with Crippen LogP contribution >= 0.6 is 68.0 Å². The molecular formula is C44H26S6. The van der Waals surface area contributed by atoms with Gasteiger partial charge in [0.2, 0.25) is 0 Å². The number of benzene rings is 4. The zero-order valence-electron chi connectivity index (χ0n) is 26.5. The van der Waals surface area contributed by atoms with Gasteiger partial charge in [0.05, 0.1) is 29.3 Å². The van der Waals surface area contributed by atoms with Crippen molar-refractivity contribution < 1.29 is 0 Å². The lowest BCUT2D eigenvalue weighted by Crippen LogP contribution is -1.76. The molecule has 4 aromatic carbocycles. The second-order valence-electron chi connectivity index (χ2n) is 12.0. The van der Waals surface area contributed by atoms with E-state index in [0.717, 1.165) is 0 Å². The molecule has 0 aliphatic carbocycles. The van der Waals surface area contributed by atoms with E-state index < -0.39 is 0 Å². The SMILES string of the molecule is c1ccc(-c2ccsc2-c2sc(-c3ccc(-c4ccc(-c5sc(-c6sccc6-c6ccccc6)c6ccccc56)s4)s3)c3ccccc23)cc1. The molecule has 6 heteroatoms. The Morgan fingerprint density at radius 2 is 0.620 bits per heavy atom. The summed E-state index contributed by atoms with van der Waals surface area (Å²) >= 11 is 11.4. The van der Waals surface area contributed by atoms with E-state index in [1.165, 1.54) is 92.6 Å². The topological polar surface area (TPSA) is 0 Å². The molecule has 0 fully saturated rings. The van der Waals surface area contributed by atoms with Crippen LogP contribution in [0, 0.1) is 0 Å². The molecule has 6 aromatic heterocycles. The van der Waals surface area contributed by atoms with E-state index in [1.54, 1.807) is 0 Å². The molecule has 0 spiro atoms. The fraction of sp³-hybridized carbons (Fsp3) is 0. The quantitative estimate of drug-likeness (QED) is 0.152. The molecule has 10 rings (SSSR count). The molecule has 0 unspecified atom stereocenters. The van der Waals surface area contributed by atoms with Crippen LogP contribution in [0.1, 0.15) is 0 Å². The molecule has 0 saturated carbocycles. The Balaban J connectivity index is 1.02. The maximum Gasteiger partial charge on any atom is 0.0534 e. The molecule has 50 heavy (non-hydrogen) atoms. The minimum atomic E-state index is 1.27. The van der Waals surface area contributed by atoms with Crippen LogP contribution in [0.3, 0.4) is 0 Å². The van der Waals surface area contributed by atoms with Crippen molar-refractivity contribution in [1.82, 2.24) is 0 Å². The molecule has 0 N–H and O–H groups in total. The standard InChI is InChI=1S/C44H26S6/c1-3-11-27(12-4-1)29-23-25-45-41(29)43-33-17-9-7-15-31(33)39(49-43)37-21-19-35(47-37)36-20-22-38(48-36)40-32-16-8-10-18-34(32)44(50-40)42-30(24-26-46-42)28-13-5-2-6-14-28/h1-26H. The van der Waals surface area contributed by atoms with Gasteiger partial charge >= 0.3 is 0 Å². The Hall–Kier alpha value is -4.40. The van der Waals surface area contributed by atoms with Gasteiger partial charge in [-0.25, -0.2) is 0 Å². The molecule has 0 bridgehead atoms. The van der Waals surface area contributed by atoms with Gasteiger partial charge in [-0.2, -0.15) is 0 Å². The van der Waals surface area contributed by atoms with Gasteiger partial charge in [-0.1, -0.05) is 109 Å². The Labute approximate surface area is 314 Å². The zero-order valence-corrected chi connectivity index (χ0v) is 31.4. The monoisotopic (exact) mass is 746 g/mol. The largest absolute Gasteiger partial charge is 0.142 e. The predicted molar refractivity (Wildman–Crippen MR) is 227 cm³/mol. The van der Waals surface area contributed by atoms with Crippen LogP contribution in [0.2, 0.25) is 0 Å². The molecule has 0 aliphatic heterocycles. The Bertz CT molecular complexity index is 2570. The summed E-state index contributed by atoms with van der Waals surface area (Å²) in [5.74, 6) is 0. The zero-order chi connectivity index (χ0) is 33.0. The van der Waals surface area contributed by atoms with Crippen LogP contribution in [0.25, 0.3) is 92.6 Å². The first kappa shape index (κ1) is 30.4. The number of rotatable bonds is 7. The van der Waals surface area contributed by atoms with Crippen molar-refractivity contribution in [3.8, 4) is 71.0 Å². The van der Waals surface area contributed by atoms with Crippen molar-refractivity contribution in [2.75, 3.05) is 0 Å². The first-order chi connectivity index (χ1) is 24.8. The second-order valence-corrected chi connectivity index (χ2v) is 18.0. The fourth-order valence-corrected chi connectivity index (χ4v) is 13.8. The highest BCUT2D eigenvalue weighted by atomic mass is 32.1. The van der Waals surface area contributed by atoms with Crippen LogP contribution in [0.5, 0.6) is 0 Å². The molecule has 238 valence electrons. The van der Waals surface area contributed by atoms with E-state index in [0.29, 0.717) is 0 Å². The lowest BCUT2D eigenvalue weighted by molar-refractivity contribution is 1.68. The van der Waals surface area contributed by atoms with Crippen molar-refractivity contribution >= 4 is 89.6 Å². The molecule has 0 atom stereocenters. The lowest BCUT2D eigenvalue weighted by atomic mass is 10.0. The van der Waals surface area contributed by atoms with Crippen LogP contribution in [-0.2, 0) is 0 Å². The van der Waals surface area contributed by atoms with Gasteiger partial charge in [0.1, 0.15) is 0 Å². The summed E-state index contributed by atoms with van der Waals surface area (Å²) in [7, 11) is 0. The van der Waals surface area contributed by atoms with Gasteiger partial charge in [0.25, 0.3) is 0 Å². The van der Waals surface area contributed by atoms with Crippen molar-refractivity contribution in [3.05, 3.63) is 156 Å².